The second kappa shape index (κ2) is 6.77. The lowest BCUT2D eigenvalue weighted by Crippen LogP contribution is -2.26. The zero-order valence-electron chi connectivity index (χ0n) is 14.6. The highest BCUT2D eigenvalue weighted by Gasteiger charge is 2.20. The predicted octanol–water partition coefficient (Wildman–Crippen LogP) is 3.56. The second-order valence-electron chi connectivity index (χ2n) is 6.59. The number of halogens is 1. The number of aromatic nitrogens is 1. The average Bonchev–Trinajstić information content (AvgIpc) is 2.81. The van der Waals surface area contributed by atoms with Crippen molar-refractivity contribution >= 4 is 11.4 Å². The Hall–Kier alpha value is -2.92. The van der Waals surface area contributed by atoms with E-state index in [2.05, 4.69) is 22.9 Å². The van der Waals surface area contributed by atoms with Crippen molar-refractivity contribution in [2.75, 3.05) is 25.0 Å². The first kappa shape index (κ1) is 16.5. The third-order valence-corrected chi connectivity index (χ3v) is 4.74. The van der Waals surface area contributed by atoms with Gasteiger partial charge in [0.05, 0.1) is 5.69 Å². The van der Waals surface area contributed by atoms with E-state index in [-0.39, 0.29) is 11.4 Å². The van der Waals surface area contributed by atoms with E-state index in [1.54, 1.807) is 35.0 Å². The van der Waals surface area contributed by atoms with Gasteiger partial charge >= 0.3 is 0 Å². The van der Waals surface area contributed by atoms with Gasteiger partial charge in [0.15, 0.2) is 0 Å². The molecule has 0 fully saturated rings. The van der Waals surface area contributed by atoms with Crippen LogP contribution < -0.4 is 10.5 Å². The maximum Gasteiger partial charge on any atom is 0.255 e. The standard InChI is InChI=1S/C21H20FN3O/c1-23-12-13-24(18-9-6-17(22)7-10-18)20-14-19(8-5-16(20)15-23)25-11-3-2-4-21(25)26/h2-11,14H,12-13,15H2,1H3. The number of nitrogens with zero attached hydrogens (tertiary/aromatic N) is 3. The van der Waals surface area contributed by atoms with Gasteiger partial charge in [-0.2, -0.15) is 0 Å². The molecule has 3 aromatic rings. The second-order valence-corrected chi connectivity index (χ2v) is 6.59. The van der Waals surface area contributed by atoms with Gasteiger partial charge in [-0.15, -0.1) is 0 Å². The first-order chi connectivity index (χ1) is 12.6. The van der Waals surface area contributed by atoms with Crippen LogP contribution in [0.5, 0.6) is 0 Å². The van der Waals surface area contributed by atoms with E-state index in [0.717, 1.165) is 36.7 Å². The Labute approximate surface area is 151 Å². The van der Waals surface area contributed by atoms with Gasteiger partial charge in [-0.1, -0.05) is 12.1 Å². The summed E-state index contributed by atoms with van der Waals surface area (Å²) in [5, 5.41) is 0. The van der Waals surface area contributed by atoms with Crippen molar-refractivity contribution in [2.45, 2.75) is 6.54 Å². The first-order valence-electron chi connectivity index (χ1n) is 8.64. The zero-order valence-corrected chi connectivity index (χ0v) is 14.6. The van der Waals surface area contributed by atoms with E-state index in [9.17, 15) is 9.18 Å². The van der Waals surface area contributed by atoms with Crippen molar-refractivity contribution < 1.29 is 4.39 Å². The van der Waals surface area contributed by atoms with E-state index in [1.165, 1.54) is 17.7 Å². The summed E-state index contributed by atoms with van der Waals surface area (Å²) in [5.41, 5.74) is 3.94. The number of hydrogen-bond acceptors (Lipinski definition) is 3. The number of hydrogen-bond donors (Lipinski definition) is 0. The fraction of sp³-hybridized carbons (Fsp3) is 0.190. The van der Waals surface area contributed by atoms with Gasteiger partial charge in [0, 0.05) is 43.3 Å². The lowest BCUT2D eigenvalue weighted by atomic mass is 10.1. The SMILES string of the molecule is CN1CCN(c2ccc(F)cc2)c2cc(-n3ccccc3=O)ccc2C1. The minimum absolute atomic E-state index is 0.0634. The van der Waals surface area contributed by atoms with Crippen molar-refractivity contribution in [3.05, 3.63) is 88.6 Å². The van der Waals surface area contributed by atoms with Crippen LogP contribution >= 0.6 is 0 Å². The monoisotopic (exact) mass is 349 g/mol. The molecular weight excluding hydrogens is 329 g/mol. The van der Waals surface area contributed by atoms with Crippen LogP contribution in [-0.4, -0.2) is 29.6 Å². The molecule has 1 aromatic heterocycles. The van der Waals surface area contributed by atoms with Gasteiger partial charge in [-0.3, -0.25) is 9.36 Å². The molecule has 26 heavy (non-hydrogen) atoms. The van der Waals surface area contributed by atoms with Crippen LogP contribution in [0.25, 0.3) is 5.69 Å². The van der Waals surface area contributed by atoms with Gasteiger partial charge in [-0.05, 0) is 55.1 Å². The Kier molecular flexibility index (Phi) is 4.31. The molecule has 2 aromatic carbocycles. The molecule has 2 heterocycles. The highest BCUT2D eigenvalue weighted by atomic mass is 19.1. The molecule has 4 rings (SSSR count). The summed E-state index contributed by atoms with van der Waals surface area (Å²) in [6.07, 6.45) is 1.77. The Balaban J connectivity index is 1.85. The number of anilines is 2. The van der Waals surface area contributed by atoms with E-state index >= 15 is 0 Å². The normalized spacial score (nSPS) is 14.8. The quantitative estimate of drug-likeness (QED) is 0.708. The fourth-order valence-corrected chi connectivity index (χ4v) is 3.38. The van der Waals surface area contributed by atoms with Gasteiger partial charge in [0.2, 0.25) is 0 Å². The summed E-state index contributed by atoms with van der Waals surface area (Å²) >= 11 is 0. The largest absolute Gasteiger partial charge is 0.340 e. The number of likely N-dealkylation sites (N-methyl/N-ethyl adjacent to an activating group) is 1. The van der Waals surface area contributed by atoms with Crippen molar-refractivity contribution in [1.29, 1.82) is 0 Å². The summed E-state index contributed by atoms with van der Waals surface area (Å²) in [6, 6.07) is 17.8. The number of pyridine rings is 1. The molecule has 0 N–H and O–H groups in total. The maximum absolute atomic E-state index is 13.4. The maximum atomic E-state index is 13.4. The summed E-state index contributed by atoms with van der Waals surface area (Å²) in [7, 11) is 2.09. The molecule has 5 heteroatoms. The molecular formula is C21H20FN3O. The Morgan fingerprint density at radius 2 is 1.69 bits per heavy atom. The van der Waals surface area contributed by atoms with Crippen LogP contribution in [0, 0.1) is 5.82 Å². The van der Waals surface area contributed by atoms with E-state index < -0.39 is 0 Å². The van der Waals surface area contributed by atoms with Crippen molar-refractivity contribution in [1.82, 2.24) is 9.47 Å². The van der Waals surface area contributed by atoms with Crippen molar-refractivity contribution in [3.63, 3.8) is 0 Å². The zero-order chi connectivity index (χ0) is 18.1. The number of fused-ring (bicyclic) bond motifs is 1. The molecule has 0 radical (unpaired) electrons. The molecule has 0 unspecified atom stereocenters. The van der Waals surface area contributed by atoms with Gasteiger partial charge in [0.1, 0.15) is 5.82 Å². The van der Waals surface area contributed by atoms with E-state index in [1.807, 2.05) is 18.2 Å². The number of benzene rings is 2. The van der Waals surface area contributed by atoms with Gasteiger partial charge in [-0.25, -0.2) is 4.39 Å². The molecule has 0 saturated heterocycles. The van der Waals surface area contributed by atoms with Crippen molar-refractivity contribution in [3.8, 4) is 5.69 Å². The van der Waals surface area contributed by atoms with Crippen molar-refractivity contribution in [2.24, 2.45) is 0 Å². The Bertz CT molecular complexity index is 981. The van der Waals surface area contributed by atoms with Crippen LogP contribution in [0.4, 0.5) is 15.8 Å². The molecule has 132 valence electrons. The lowest BCUT2D eigenvalue weighted by molar-refractivity contribution is 0.343. The molecule has 1 aliphatic rings. The summed E-state index contributed by atoms with van der Waals surface area (Å²) in [5.74, 6) is -0.245. The molecule has 0 aliphatic carbocycles. The van der Waals surface area contributed by atoms with Crippen LogP contribution in [-0.2, 0) is 6.54 Å². The smallest absolute Gasteiger partial charge is 0.255 e. The Morgan fingerprint density at radius 3 is 2.46 bits per heavy atom. The van der Waals surface area contributed by atoms with E-state index in [4.69, 9.17) is 0 Å². The van der Waals surface area contributed by atoms with Crippen LogP contribution in [0.15, 0.2) is 71.7 Å². The molecule has 0 atom stereocenters. The molecule has 0 saturated carbocycles. The first-order valence-corrected chi connectivity index (χ1v) is 8.64. The highest BCUT2D eigenvalue weighted by Crippen LogP contribution is 2.33. The van der Waals surface area contributed by atoms with Crippen LogP contribution in [0.3, 0.4) is 0 Å². The third kappa shape index (κ3) is 3.13. The topological polar surface area (TPSA) is 28.5 Å². The minimum Gasteiger partial charge on any atom is -0.340 e. The highest BCUT2D eigenvalue weighted by molar-refractivity contribution is 5.69. The summed E-state index contributed by atoms with van der Waals surface area (Å²) in [4.78, 5) is 16.6. The predicted molar refractivity (Wildman–Crippen MR) is 102 cm³/mol. The lowest BCUT2D eigenvalue weighted by Gasteiger charge is -2.25. The average molecular weight is 349 g/mol. The number of rotatable bonds is 2. The molecule has 0 spiro atoms. The summed E-state index contributed by atoms with van der Waals surface area (Å²) < 4.78 is 15.0. The minimum atomic E-state index is -0.245. The molecule has 0 bridgehead atoms. The van der Waals surface area contributed by atoms with Gasteiger partial charge in [0.25, 0.3) is 5.56 Å². The Morgan fingerprint density at radius 1 is 0.923 bits per heavy atom. The van der Waals surface area contributed by atoms with Gasteiger partial charge < -0.3 is 9.80 Å². The van der Waals surface area contributed by atoms with Crippen LogP contribution in [0.2, 0.25) is 0 Å². The molecule has 0 amide bonds. The molecule has 4 nitrogen and oxygen atoms in total. The summed E-state index contributed by atoms with van der Waals surface area (Å²) in [6.45, 7) is 2.52. The molecule has 1 aliphatic heterocycles. The fourth-order valence-electron chi connectivity index (χ4n) is 3.38. The van der Waals surface area contributed by atoms with Crippen LogP contribution in [0.1, 0.15) is 5.56 Å². The van der Waals surface area contributed by atoms with E-state index in [0.29, 0.717) is 0 Å². The third-order valence-electron chi connectivity index (χ3n) is 4.74.